The Labute approximate surface area is 208 Å². The van der Waals surface area contributed by atoms with E-state index < -0.39 is 0 Å². The van der Waals surface area contributed by atoms with Crippen LogP contribution >= 0.6 is 11.8 Å². The summed E-state index contributed by atoms with van der Waals surface area (Å²) in [6, 6.07) is 25.6. The topological polar surface area (TPSA) is 81.4 Å². The van der Waals surface area contributed by atoms with Gasteiger partial charge in [0.1, 0.15) is 5.75 Å². The third kappa shape index (κ3) is 6.45. The standard InChI is InChI=1S/C27H25N5O2S/c1-20-10-14-23(15-11-20)32-26(22-12-16-24(34-2)17-13-22)30-31-27(32)35-19-25(33)29-28-18-6-9-21-7-4-3-5-8-21/h3-18H,19H2,1-2H3,(H,29,33). The zero-order valence-corrected chi connectivity index (χ0v) is 20.3. The fourth-order valence-corrected chi connectivity index (χ4v) is 3.99. The molecule has 0 aliphatic carbocycles. The summed E-state index contributed by atoms with van der Waals surface area (Å²) >= 11 is 1.30. The maximum atomic E-state index is 12.3. The minimum atomic E-state index is -0.233. The van der Waals surface area contributed by atoms with Crippen LogP contribution in [0.25, 0.3) is 23.2 Å². The maximum absolute atomic E-state index is 12.3. The first-order valence-electron chi connectivity index (χ1n) is 11.0. The number of rotatable bonds is 9. The zero-order chi connectivity index (χ0) is 24.5. The molecular formula is C27H25N5O2S. The molecule has 0 spiro atoms. The number of carbonyl (C=O) groups is 1. The first kappa shape index (κ1) is 24.0. The van der Waals surface area contributed by atoms with Gasteiger partial charge in [0, 0.05) is 17.5 Å². The fourth-order valence-electron chi connectivity index (χ4n) is 3.25. The van der Waals surface area contributed by atoms with Crippen molar-refractivity contribution in [1.82, 2.24) is 20.2 Å². The smallest absolute Gasteiger partial charge is 0.250 e. The molecule has 0 fully saturated rings. The van der Waals surface area contributed by atoms with Crippen molar-refractivity contribution in [3.8, 4) is 22.8 Å². The number of allylic oxidation sites excluding steroid dienone is 1. The number of benzene rings is 3. The Morgan fingerprint density at radius 1 is 1.03 bits per heavy atom. The van der Waals surface area contributed by atoms with Crippen LogP contribution in [0, 0.1) is 6.92 Å². The number of methoxy groups -OCH3 is 1. The third-order valence-corrected chi connectivity index (χ3v) is 5.97. The lowest BCUT2D eigenvalue weighted by molar-refractivity contribution is -0.118. The van der Waals surface area contributed by atoms with E-state index in [9.17, 15) is 4.79 Å². The van der Waals surface area contributed by atoms with E-state index in [2.05, 4.69) is 20.7 Å². The van der Waals surface area contributed by atoms with Crippen LogP contribution < -0.4 is 10.2 Å². The molecule has 0 radical (unpaired) electrons. The summed E-state index contributed by atoms with van der Waals surface area (Å²) in [6.45, 7) is 2.04. The Balaban J connectivity index is 1.46. The van der Waals surface area contributed by atoms with E-state index in [1.807, 2.05) is 96.4 Å². The van der Waals surface area contributed by atoms with Gasteiger partial charge in [0.05, 0.1) is 12.9 Å². The van der Waals surface area contributed by atoms with E-state index in [1.54, 1.807) is 19.4 Å². The molecule has 4 rings (SSSR count). The lowest BCUT2D eigenvalue weighted by Gasteiger charge is -2.11. The molecule has 8 heteroatoms. The van der Waals surface area contributed by atoms with E-state index in [1.165, 1.54) is 11.8 Å². The monoisotopic (exact) mass is 483 g/mol. The highest BCUT2D eigenvalue weighted by Gasteiger charge is 2.17. The van der Waals surface area contributed by atoms with Crippen LogP contribution in [-0.4, -0.2) is 39.7 Å². The van der Waals surface area contributed by atoms with Crippen LogP contribution in [-0.2, 0) is 4.79 Å². The largest absolute Gasteiger partial charge is 0.497 e. The van der Waals surface area contributed by atoms with Gasteiger partial charge < -0.3 is 4.74 Å². The second kappa shape index (κ2) is 11.8. The molecule has 3 aromatic carbocycles. The number of thioether (sulfide) groups is 1. The van der Waals surface area contributed by atoms with Gasteiger partial charge in [-0.2, -0.15) is 5.10 Å². The predicted molar refractivity (Wildman–Crippen MR) is 141 cm³/mol. The van der Waals surface area contributed by atoms with Gasteiger partial charge in [-0.1, -0.05) is 65.9 Å². The number of hydrogen-bond acceptors (Lipinski definition) is 6. The number of nitrogens with zero attached hydrogens (tertiary/aromatic N) is 4. The summed E-state index contributed by atoms with van der Waals surface area (Å²) in [4.78, 5) is 12.3. The number of nitrogens with one attached hydrogen (secondary N) is 1. The van der Waals surface area contributed by atoms with Gasteiger partial charge in [-0.3, -0.25) is 9.36 Å². The van der Waals surface area contributed by atoms with Crippen molar-refractivity contribution in [1.29, 1.82) is 0 Å². The number of hydrogen-bond donors (Lipinski definition) is 1. The van der Waals surface area contributed by atoms with E-state index in [0.29, 0.717) is 11.0 Å². The van der Waals surface area contributed by atoms with Gasteiger partial charge in [-0.05, 0) is 55.0 Å². The zero-order valence-electron chi connectivity index (χ0n) is 19.5. The van der Waals surface area contributed by atoms with Crippen LogP contribution in [0.3, 0.4) is 0 Å². The minimum Gasteiger partial charge on any atom is -0.497 e. The fraction of sp³-hybridized carbons (Fsp3) is 0.111. The molecule has 0 saturated carbocycles. The molecule has 1 N–H and O–H groups in total. The summed E-state index contributed by atoms with van der Waals surface area (Å²) < 4.78 is 7.22. The van der Waals surface area contributed by atoms with Crippen molar-refractivity contribution in [2.45, 2.75) is 12.1 Å². The Bertz CT molecular complexity index is 1310. The molecule has 35 heavy (non-hydrogen) atoms. The minimum absolute atomic E-state index is 0.145. The van der Waals surface area contributed by atoms with Crippen LogP contribution in [0.4, 0.5) is 0 Å². The van der Waals surface area contributed by atoms with E-state index in [4.69, 9.17) is 4.74 Å². The average Bonchev–Trinajstić information content (AvgIpc) is 3.32. The summed E-state index contributed by atoms with van der Waals surface area (Å²) in [5, 5.41) is 13.4. The second-order valence-electron chi connectivity index (χ2n) is 7.58. The van der Waals surface area contributed by atoms with Crippen molar-refractivity contribution in [2.24, 2.45) is 5.10 Å². The number of aromatic nitrogens is 3. The Morgan fingerprint density at radius 3 is 2.49 bits per heavy atom. The highest BCUT2D eigenvalue weighted by molar-refractivity contribution is 7.99. The maximum Gasteiger partial charge on any atom is 0.250 e. The molecule has 1 heterocycles. The molecule has 0 unspecified atom stereocenters. The summed E-state index contributed by atoms with van der Waals surface area (Å²) in [7, 11) is 1.63. The number of carbonyl (C=O) groups excluding carboxylic acids is 1. The molecular weight excluding hydrogens is 458 g/mol. The SMILES string of the molecule is COc1ccc(-c2nnc(SCC(=O)NN=CC=Cc3ccccc3)n2-c2ccc(C)cc2)cc1. The highest BCUT2D eigenvalue weighted by Crippen LogP contribution is 2.29. The second-order valence-corrected chi connectivity index (χ2v) is 8.52. The molecule has 4 aromatic rings. The van der Waals surface area contributed by atoms with Crippen molar-refractivity contribution in [3.05, 3.63) is 96.1 Å². The molecule has 176 valence electrons. The van der Waals surface area contributed by atoms with Crippen molar-refractivity contribution >= 4 is 30.0 Å². The Kier molecular flexibility index (Phi) is 8.08. The molecule has 0 bridgehead atoms. The van der Waals surface area contributed by atoms with Gasteiger partial charge >= 0.3 is 0 Å². The third-order valence-electron chi connectivity index (χ3n) is 5.04. The van der Waals surface area contributed by atoms with Crippen LogP contribution in [0.15, 0.2) is 95.2 Å². The van der Waals surface area contributed by atoms with Gasteiger partial charge in [-0.25, -0.2) is 5.43 Å². The van der Waals surface area contributed by atoms with Crippen LogP contribution in [0.5, 0.6) is 5.75 Å². The Hall–Kier alpha value is -4.17. The van der Waals surface area contributed by atoms with E-state index in [-0.39, 0.29) is 11.7 Å². The van der Waals surface area contributed by atoms with Crippen LogP contribution in [0.2, 0.25) is 0 Å². The van der Waals surface area contributed by atoms with Crippen LogP contribution in [0.1, 0.15) is 11.1 Å². The quantitative estimate of drug-likeness (QED) is 0.202. The first-order valence-corrected chi connectivity index (χ1v) is 12.0. The molecule has 0 aliphatic heterocycles. The van der Waals surface area contributed by atoms with E-state index >= 15 is 0 Å². The van der Waals surface area contributed by atoms with Gasteiger partial charge in [0.25, 0.3) is 5.91 Å². The average molecular weight is 484 g/mol. The summed E-state index contributed by atoms with van der Waals surface area (Å²) in [5.41, 5.74) is 6.57. The Morgan fingerprint density at radius 2 is 1.77 bits per heavy atom. The van der Waals surface area contributed by atoms with Crippen molar-refractivity contribution in [2.75, 3.05) is 12.9 Å². The molecule has 0 saturated heterocycles. The van der Waals surface area contributed by atoms with Crippen molar-refractivity contribution < 1.29 is 9.53 Å². The van der Waals surface area contributed by atoms with Gasteiger partial charge in [0.15, 0.2) is 11.0 Å². The van der Waals surface area contributed by atoms with Gasteiger partial charge in [0.2, 0.25) is 0 Å². The van der Waals surface area contributed by atoms with Crippen molar-refractivity contribution in [3.63, 3.8) is 0 Å². The number of ether oxygens (including phenoxy) is 1. The molecule has 0 aliphatic rings. The summed E-state index contributed by atoms with van der Waals surface area (Å²) in [6.07, 6.45) is 5.24. The highest BCUT2D eigenvalue weighted by atomic mass is 32.2. The number of aryl methyl sites for hydroxylation is 1. The number of amides is 1. The molecule has 7 nitrogen and oxygen atoms in total. The lowest BCUT2D eigenvalue weighted by Crippen LogP contribution is -2.19. The lowest BCUT2D eigenvalue weighted by atomic mass is 10.2. The number of hydrazone groups is 1. The normalized spacial score (nSPS) is 11.3. The summed E-state index contributed by atoms with van der Waals surface area (Å²) in [5.74, 6) is 1.36. The predicted octanol–water partition coefficient (Wildman–Crippen LogP) is 5.16. The van der Waals surface area contributed by atoms with E-state index in [0.717, 1.165) is 28.1 Å². The molecule has 0 atom stereocenters. The molecule has 1 aromatic heterocycles. The van der Waals surface area contributed by atoms with Gasteiger partial charge in [-0.15, -0.1) is 10.2 Å². The first-order chi connectivity index (χ1) is 17.1. The molecule has 1 amide bonds.